The van der Waals surface area contributed by atoms with Gasteiger partial charge in [-0.25, -0.2) is 0 Å². The minimum Gasteiger partial charge on any atom is -0.508 e. The van der Waals surface area contributed by atoms with Crippen molar-refractivity contribution in [2.45, 2.75) is 61.0 Å². The normalized spacial score (nSPS) is 33.6. The van der Waals surface area contributed by atoms with Gasteiger partial charge in [0, 0.05) is 11.6 Å². The maximum atomic E-state index is 13.5. The number of phenolic OH excluding ortho intramolecular Hbond substituents is 3. The van der Waals surface area contributed by atoms with Gasteiger partial charge in [0.05, 0.1) is 24.3 Å². The van der Waals surface area contributed by atoms with Crippen molar-refractivity contribution in [3.63, 3.8) is 0 Å². The van der Waals surface area contributed by atoms with Crippen LogP contribution in [0, 0.1) is 0 Å². The third-order valence-corrected chi connectivity index (χ3v) is 7.70. The van der Waals surface area contributed by atoms with E-state index in [0.717, 1.165) is 6.07 Å². The maximum Gasteiger partial charge on any atom is 0.197 e. The Balaban J connectivity index is 1.82. The monoisotopic (exact) mass is 594 g/mol. The van der Waals surface area contributed by atoms with E-state index in [2.05, 4.69) is 0 Å². The van der Waals surface area contributed by atoms with Crippen molar-refractivity contribution in [1.29, 1.82) is 0 Å². The van der Waals surface area contributed by atoms with Crippen LogP contribution in [0.3, 0.4) is 0 Å². The molecule has 2 aliphatic heterocycles. The van der Waals surface area contributed by atoms with Crippen molar-refractivity contribution in [2.24, 2.45) is 0 Å². The zero-order valence-electron chi connectivity index (χ0n) is 21.6. The Hall–Kier alpha value is -3.35. The summed E-state index contributed by atoms with van der Waals surface area (Å²) < 4.78 is 17.0. The highest BCUT2D eigenvalue weighted by Gasteiger charge is 2.50. The Bertz CT molecular complexity index is 1500. The zero-order valence-corrected chi connectivity index (χ0v) is 21.6. The molecule has 228 valence electrons. The standard InChI is InChI=1S/C27H30O15/c28-6-12-17(32)21(36)23(38)26(41-12)15-19(34)14-10(31)5-11(8-1-3-9(30)4-2-8)40-25(14)16(20(15)35)27-24(39)22(37)18(33)13(7-29)42-27/h1-5,12-13,17-18,21-24,26-30,32-39H,6-7H2/t12-,13-,17+,18+,21-,22-,23-,24-,26-,27-/m0/s1. The molecular weight excluding hydrogens is 564 g/mol. The minimum absolute atomic E-state index is 0.0941. The smallest absolute Gasteiger partial charge is 0.197 e. The first kappa shape index (κ1) is 30.1. The van der Waals surface area contributed by atoms with Crippen LogP contribution in [-0.2, 0) is 9.47 Å². The second-order valence-electron chi connectivity index (χ2n) is 10.2. The summed E-state index contributed by atoms with van der Waals surface area (Å²) in [7, 11) is 0. The Morgan fingerprint density at radius 1 is 0.643 bits per heavy atom. The molecule has 2 aliphatic rings. The molecule has 3 heterocycles. The average Bonchev–Trinajstić information content (AvgIpc) is 2.97. The van der Waals surface area contributed by atoms with Crippen LogP contribution in [-0.4, -0.2) is 118 Å². The molecule has 1 aromatic heterocycles. The minimum atomic E-state index is -2.02. The SMILES string of the molecule is O=c1cc(-c2ccc(O)cc2)oc2c([C@@H]3O[C@@H](CO)[C@@H](O)[C@H](O)[C@@H]3O)c(O)c([C@@H]3O[C@@H](CO)[C@@H](O)[C@H](O)[C@@H]3O)c(O)c12. The van der Waals surface area contributed by atoms with E-state index >= 15 is 0 Å². The number of aromatic hydroxyl groups is 3. The number of hydrogen-bond donors (Lipinski definition) is 11. The molecule has 0 spiro atoms. The summed E-state index contributed by atoms with van der Waals surface area (Å²) in [5.74, 6) is -2.20. The molecule has 3 aromatic rings. The highest BCUT2D eigenvalue weighted by Crippen LogP contribution is 2.51. The molecule has 0 amide bonds. The molecule has 2 fully saturated rings. The van der Waals surface area contributed by atoms with Crippen molar-refractivity contribution in [1.82, 2.24) is 0 Å². The first-order chi connectivity index (χ1) is 19.9. The van der Waals surface area contributed by atoms with Crippen LogP contribution in [0.2, 0.25) is 0 Å². The van der Waals surface area contributed by atoms with E-state index < -0.39 is 113 Å². The second kappa shape index (κ2) is 11.4. The predicted molar refractivity (Wildman–Crippen MR) is 138 cm³/mol. The van der Waals surface area contributed by atoms with Gasteiger partial charge in [0.15, 0.2) is 11.0 Å². The van der Waals surface area contributed by atoms with Gasteiger partial charge in [0.2, 0.25) is 0 Å². The fourth-order valence-electron chi connectivity index (χ4n) is 5.39. The fraction of sp³-hybridized carbons (Fsp3) is 0.444. The molecule has 10 atom stereocenters. The predicted octanol–water partition coefficient (Wildman–Crippen LogP) is -2.39. The Morgan fingerprint density at radius 3 is 1.64 bits per heavy atom. The van der Waals surface area contributed by atoms with Gasteiger partial charge in [-0.3, -0.25) is 4.79 Å². The van der Waals surface area contributed by atoms with E-state index in [9.17, 15) is 61.0 Å². The number of aliphatic hydroxyl groups excluding tert-OH is 8. The largest absolute Gasteiger partial charge is 0.508 e. The number of fused-ring (bicyclic) bond motifs is 1. The van der Waals surface area contributed by atoms with Crippen LogP contribution in [0.25, 0.3) is 22.3 Å². The van der Waals surface area contributed by atoms with Gasteiger partial charge in [-0.05, 0) is 24.3 Å². The summed E-state index contributed by atoms with van der Waals surface area (Å²) in [4.78, 5) is 13.5. The van der Waals surface area contributed by atoms with Crippen LogP contribution in [0.5, 0.6) is 17.2 Å². The van der Waals surface area contributed by atoms with E-state index in [0.29, 0.717) is 0 Å². The first-order valence-electron chi connectivity index (χ1n) is 12.9. The number of benzene rings is 2. The van der Waals surface area contributed by atoms with Crippen LogP contribution in [0.15, 0.2) is 39.5 Å². The summed E-state index contributed by atoms with van der Waals surface area (Å²) in [5, 5.41) is 114. The lowest BCUT2D eigenvalue weighted by molar-refractivity contribution is -0.234. The third-order valence-electron chi connectivity index (χ3n) is 7.70. The Kier molecular flexibility index (Phi) is 8.16. The average molecular weight is 595 g/mol. The van der Waals surface area contributed by atoms with Gasteiger partial charge < -0.3 is 70.1 Å². The van der Waals surface area contributed by atoms with Crippen LogP contribution in [0.4, 0.5) is 0 Å². The van der Waals surface area contributed by atoms with E-state index in [1.165, 1.54) is 24.3 Å². The summed E-state index contributed by atoms with van der Waals surface area (Å²) in [5.41, 5.74) is -2.48. The van der Waals surface area contributed by atoms with Crippen LogP contribution < -0.4 is 5.43 Å². The number of phenols is 3. The van der Waals surface area contributed by atoms with Gasteiger partial charge in [-0.1, -0.05) is 0 Å². The van der Waals surface area contributed by atoms with Crippen molar-refractivity contribution in [3.05, 3.63) is 51.7 Å². The van der Waals surface area contributed by atoms with Gasteiger partial charge >= 0.3 is 0 Å². The van der Waals surface area contributed by atoms with Crippen molar-refractivity contribution < 1.29 is 70.1 Å². The van der Waals surface area contributed by atoms with Crippen molar-refractivity contribution >= 4 is 11.0 Å². The van der Waals surface area contributed by atoms with Gasteiger partial charge in [-0.2, -0.15) is 0 Å². The number of rotatable bonds is 5. The topological polar surface area (TPSA) is 271 Å². The summed E-state index contributed by atoms with van der Waals surface area (Å²) >= 11 is 0. The first-order valence-corrected chi connectivity index (χ1v) is 12.9. The molecule has 0 aliphatic carbocycles. The van der Waals surface area contributed by atoms with Gasteiger partial charge in [0.25, 0.3) is 0 Å². The molecule has 0 saturated carbocycles. The summed E-state index contributed by atoms with van der Waals surface area (Å²) in [6.07, 6.45) is -18.2. The van der Waals surface area contributed by atoms with Crippen molar-refractivity contribution in [3.8, 4) is 28.6 Å². The van der Waals surface area contributed by atoms with Gasteiger partial charge in [0.1, 0.15) is 89.4 Å². The number of hydrogen-bond acceptors (Lipinski definition) is 15. The van der Waals surface area contributed by atoms with E-state index in [4.69, 9.17) is 13.9 Å². The van der Waals surface area contributed by atoms with Crippen LogP contribution in [0.1, 0.15) is 23.3 Å². The highest BCUT2D eigenvalue weighted by atomic mass is 16.6. The molecule has 0 radical (unpaired) electrons. The van der Waals surface area contributed by atoms with Crippen LogP contribution >= 0.6 is 0 Å². The van der Waals surface area contributed by atoms with Gasteiger partial charge in [-0.15, -0.1) is 0 Å². The molecule has 0 bridgehead atoms. The van der Waals surface area contributed by atoms with Crippen molar-refractivity contribution in [2.75, 3.05) is 13.2 Å². The second-order valence-corrected chi connectivity index (χ2v) is 10.2. The molecule has 15 nitrogen and oxygen atoms in total. The van der Waals surface area contributed by atoms with E-state index in [1.54, 1.807) is 0 Å². The molecular formula is C27H30O15. The Morgan fingerprint density at radius 2 is 1.14 bits per heavy atom. The quantitative estimate of drug-likeness (QED) is 0.147. The molecule has 0 unspecified atom stereocenters. The Labute approximate surface area is 235 Å². The maximum absolute atomic E-state index is 13.5. The number of aliphatic hydroxyl groups is 8. The lowest BCUT2D eigenvalue weighted by atomic mass is 9.85. The summed E-state index contributed by atoms with van der Waals surface area (Å²) in [6, 6.07) is 6.37. The number of ether oxygens (including phenoxy) is 2. The van der Waals surface area contributed by atoms with E-state index in [-0.39, 0.29) is 17.1 Å². The molecule has 42 heavy (non-hydrogen) atoms. The summed E-state index contributed by atoms with van der Waals surface area (Å²) in [6.45, 7) is -1.70. The molecule has 2 saturated heterocycles. The fourth-order valence-corrected chi connectivity index (χ4v) is 5.39. The highest BCUT2D eigenvalue weighted by molar-refractivity contribution is 5.92. The molecule has 5 rings (SSSR count). The molecule has 2 aromatic carbocycles. The lowest BCUT2D eigenvalue weighted by Gasteiger charge is -2.42. The lowest BCUT2D eigenvalue weighted by Crippen LogP contribution is -2.55. The zero-order chi connectivity index (χ0) is 30.6. The third kappa shape index (κ3) is 4.79. The molecule has 11 N–H and O–H groups in total. The van der Waals surface area contributed by atoms with E-state index in [1.807, 2.05) is 0 Å². The molecule has 15 heteroatoms.